The van der Waals surface area contributed by atoms with E-state index in [4.69, 9.17) is 0 Å². The molecule has 0 bridgehead atoms. The van der Waals surface area contributed by atoms with E-state index < -0.39 is 0 Å². The molecule has 1 fully saturated rings. The first-order valence-corrected chi connectivity index (χ1v) is 7.94. The Balaban J connectivity index is 1.59. The number of hydrogen-bond acceptors (Lipinski definition) is 3. The summed E-state index contributed by atoms with van der Waals surface area (Å²) < 4.78 is 0. The Bertz CT molecular complexity index is 522. The molecule has 0 spiro atoms. The van der Waals surface area contributed by atoms with Crippen molar-refractivity contribution in [1.82, 2.24) is 10.2 Å². The summed E-state index contributed by atoms with van der Waals surface area (Å²) in [7, 11) is 0. The van der Waals surface area contributed by atoms with Gasteiger partial charge in [-0.15, -0.1) is 0 Å². The minimum Gasteiger partial charge on any atom is -0.508 e. The molecule has 1 aliphatic heterocycles. The maximum Gasteiger partial charge on any atom is 0.216 e. The number of hydrogen-bond donors (Lipinski definition) is 2. The molecule has 3 rings (SSSR count). The van der Waals surface area contributed by atoms with Crippen molar-refractivity contribution in [2.75, 3.05) is 19.6 Å². The number of nitrogens with one attached hydrogen (secondary N) is 1. The fourth-order valence-electron chi connectivity index (χ4n) is 3.75. The highest BCUT2D eigenvalue weighted by Gasteiger charge is 2.31. The van der Waals surface area contributed by atoms with Crippen LogP contribution in [-0.4, -0.2) is 35.5 Å². The topological polar surface area (TPSA) is 52.6 Å². The number of amides is 1. The van der Waals surface area contributed by atoms with Crippen molar-refractivity contribution in [3.8, 4) is 5.75 Å². The van der Waals surface area contributed by atoms with Gasteiger partial charge in [0.05, 0.1) is 0 Å². The molecule has 4 heteroatoms. The molecule has 4 nitrogen and oxygen atoms in total. The van der Waals surface area contributed by atoms with Gasteiger partial charge in [0.2, 0.25) is 5.91 Å². The smallest absolute Gasteiger partial charge is 0.216 e. The van der Waals surface area contributed by atoms with E-state index in [1.807, 2.05) is 6.07 Å². The van der Waals surface area contributed by atoms with Crippen LogP contribution < -0.4 is 5.32 Å². The predicted octanol–water partition coefficient (Wildman–Crippen LogP) is 2.23. The minimum absolute atomic E-state index is 0.0672. The van der Waals surface area contributed by atoms with Crippen LogP contribution >= 0.6 is 0 Å². The van der Waals surface area contributed by atoms with E-state index in [1.165, 1.54) is 5.56 Å². The minimum atomic E-state index is 0.0672. The fourth-order valence-corrected chi connectivity index (χ4v) is 3.75. The van der Waals surface area contributed by atoms with Crippen LogP contribution in [0.2, 0.25) is 0 Å². The molecule has 114 valence electrons. The van der Waals surface area contributed by atoms with Gasteiger partial charge >= 0.3 is 0 Å². The summed E-state index contributed by atoms with van der Waals surface area (Å²) in [6.45, 7) is 4.57. The number of nitrogens with zero attached hydrogens (tertiary/aromatic N) is 1. The van der Waals surface area contributed by atoms with E-state index >= 15 is 0 Å². The number of piperidine rings is 1. The lowest BCUT2D eigenvalue weighted by Gasteiger charge is -2.36. The third kappa shape index (κ3) is 3.05. The van der Waals surface area contributed by atoms with Gasteiger partial charge < -0.3 is 10.4 Å². The molecule has 1 unspecified atom stereocenters. The first-order chi connectivity index (χ1) is 10.1. The Labute approximate surface area is 126 Å². The highest BCUT2D eigenvalue weighted by atomic mass is 16.3. The van der Waals surface area contributed by atoms with E-state index in [9.17, 15) is 9.90 Å². The molecule has 1 aromatic carbocycles. The number of carbonyl (C=O) groups is 1. The van der Waals surface area contributed by atoms with Crippen molar-refractivity contribution < 1.29 is 9.90 Å². The van der Waals surface area contributed by atoms with Crippen molar-refractivity contribution in [3.05, 3.63) is 29.3 Å². The van der Waals surface area contributed by atoms with Gasteiger partial charge in [0, 0.05) is 19.5 Å². The van der Waals surface area contributed by atoms with Crippen LogP contribution in [0.1, 0.15) is 43.4 Å². The summed E-state index contributed by atoms with van der Waals surface area (Å²) in [5.74, 6) is 1.13. The summed E-state index contributed by atoms with van der Waals surface area (Å²) in [5, 5.41) is 12.9. The van der Waals surface area contributed by atoms with Gasteiger partial charge in [-0.25, -0.2) is 0 Å². The van der Waals surface area contributed by atoms with Crippen LogP contribution in [0.4, 0.5) is 0 Å². The zero-order valence-electron chi connectivity index (χ0n) is 12.6. The zero-order chi connectivity index (χ0) is 14.8. The summed E-state index contributed by atoms with van der Waals surface area (Å²) >= 11 is 0. The normalized spacial score (nSPS) is 23.0. The van der Waals surface area contributed by atoms with Crippen LogP contribution in [0.15, 0.2) is 18.2 Å². The maximum absolute atomic E-state index is 11.0. The lowest BCUT2D eigenvalue weighted by atomic mass is 9.94. The summed E-state index contributed by atoms with van der Waals surface area (Å²) in [6.07, 6.45) is 4.39. The predicted molar refractivity (Wildman–Crippen MR) is 82.1 cm³/mol. The van der Waals surface area contributed by atoms with E-state index in [0.717, 1.165) is 50.9 Å². The summed E-state index contributed by atoms with van der Waals surface area (Å²) in [5.41, 5.74) is 2.46. The third-order valence-corrected chi connectivity index (χ3v) is 4.94. The Morgan fingerprint density at radius 1 is 1.33 bits per heavy atom. The number of phenols is 1. The molecule has 2 N–H and O–H groups in total. The van der Waals surface area contributed by atoms with Crippen LogP contribution in [-0.2, 0) is 11.2 Å². The van der Waals surface area contributed by atoms with Gasteiger partial charge in [0.1, 0.15) is 5.75 Å². The molecular weight excluding hydrogens is 264 g/mol. The molecule has 21 heavy (non-hydrogen) atoms. The second kappa shape index (κ2) is 6.06. The van der Waals surface area contributed by atoms with Crippen molar-refractivity contribution in [1.29, 1.82) is 0 Å². The maximum atomic E-state index is 11.0. The second-order valence-electron chi connectivity index (χ2n) is 6.32. The first kappa shape index (κ1) is 14.4. The van der Waals surface area contributed by atoms with E-state index in [0.29, 0.717) is 17.7 Å². The highest BCUT2D eigenvalue weighted by molar-refractivity contribution is 5.72. The Morgan fingerprint density at radius 3 is 2.81 bits per heavy atom. The number of benzene rings is 1. The van der Waals surface area contributed by atoms with E-state index in [-0.39, 0.29) is 5.91 Å². The monoisotopic (exact) mass is 288 g/mol. The van der Waals surface area contributed by atoms with Crippen LogP contribution in [0.25, 0.3) is 0 Å². The standard InChI is InChI=1S/C17H24N2O2/c1-12(20)18-11-13-7-9-19(10-8-13)16-6-5-15-14(16)3-2-4-17(15)21/h2-4,13,16,21H,5-11H2,1H3,(H,18,20). The third-order valence-electron chi connectivity index (χ3n) is 4.94. The Kier molecular flexibility index (Phi) is 4.15. The lowest BCUT2D eigenvalue weighted by molar-refractivity contribution is -0.119. The van der Waals surface area contributed by atoms with Crippen LogP contribution in [0, 0.1) is 5.92 Å². The quantitative estimate of drug-likeness (QED) is 0.897. The average Bonchev–Trinajstić information content (AvgIpc) is 2.91. The molecule has 1 atom stereocenters. The van der Waals surface area contributed by atoms with Gasteiger partial charge in [-0.3, -0.25) is 9.69 Å². The van der Waals surface area contributed by atoms with E-state index in [2.05, 4.69) is 16.3 Å². The Hall–Kier alpha value is -1.55. The van der Waals surface area contributed by atoms with Gasteiger partial charge in [-0.2, -0.15) is 0 Å². The van der Waals surface area contributed by atoms with E-state index in [1.54, 1.807) is 13.0 Å². The lowest BCUT2D eigenvalue weighted by Crippen LogP contribution is -2.39. The number of carbonyl (C=O) groups excluding carboxylic acids is 1. The molecule has 2 aliphatic rings. The fraction of sp³-hybridized carbons (Fsp3) is 0.588. The number of rotatable bonds is 3. The SMILES string of the molecule is CC(=O)NCC1CCN(C2CCc3c(O)cccc32)CC1. The molecule has 1 aliphatic carbocycles. The van der Waals surface area contributed by atoms with Gasteiger partial charge in [0.15, 0.2) is 0 Å². The average molecular weight is 288 g/mol. The molecule has 1 heterocycles. The molecule has 1 aromatic rings. The number of likely N-dealkylation sites (tertiary alicyclic amines) is 1. The van der Waals surface area contributed by atoms with Crippen molar-refractivity contribution in [2.24, 2.45) is 5.92 Å². The zero-order valence-corrected chi connectivity index (χ0v) is 12.6. The molecule has 0 radical (unpaired) electrons. The van der Waals surface area contributed by atoms with Crippen molar-refractivity contribution in [2.45, 2.75) is 38.6 Å². The number of aromatic hydroxyl groups is 1. The molecule has 1 amide bonds. The summed E-state index contributed by atoms with van der Waals surface area (Å²) in [6, 6.07) is 6.38. The van der Waals surface area contributed by atoms with Crippen LogP contribution in [0.3, 0.4) is 0 Å². The first-order valence-electron chi connectivity index (χ1n) is 7.94. The highest BCUT2D eigenvalue weighted by Crippen LogP contribution is 2.40. The van der Waals surface area contributed by atoms with Gasteiger partial charge in [-0.1, -0.05) is 12.1 Å². The molecular formula is C17H24N2O2. The molecule has 0 aromatic heterocycles. The largest absolute Gasteiger partial charge is 0.508 e. The van der Waals surface area contributed by atoms with Crippen molar-refractivity contribution >= 4 is 5.91 Å². The molecule has 0 saturated carbocycles. The molecule has 1 saturated heterocycles. The van der Waals surface area contributed by atoms with Crippen molar-refractivity contribution in [3.63, 3.8) is 0 Å². The van der Waals surface area contributed by atoms with Gasteiger partial charge in [0.25, 0.3) is 0 Å². The van der Waals surface area contributed by atoms with Crippen LogP contribution in [0.5, 0.6) is 5.75 Å². The number of fused-ring (bicyclic) bond motifs is 1. The number of phenolic OH excluding ortho intramolecular Hbond substituents is 1. The Morgan fingerprint density at radius 2 is 2.10 bits per heavy atom. The second-order valence-corrected chi connectivity index (χ2v) is 6.32. The van der Waals surface area contributed by atoms with Gasteiger partial charge in [-0.05, 0) is 61.9 Å². The summed E-state index contributed by atoms with van der Waals surface area (Å²) in [4.78, 5) is 13.5.